The molecular weight excluding hydrogens is 434 g/mol. The maximum absolute atomic E-state index is 12.8. The quantitative estimate of drug-likeness (QED) is 0.558. The van der Waals surface area contributed by atoms with Gasteiger partial charge in [-0.05, 0) is 43.9 Å². The molecule has 10 heteroatoms. The monoisotopic (exact) mass is 454 g/mol. The summed E-state index contributed by atoms with van der Waals surface area (Å²) in [5, 5.41) is 9.70. The predicted octanol–water partition coefficient (Wildman–Crippen LogP) is 4.27. The van der Waals surface area contributed by atoms with Crippen molar-refractivity contribution >= 4 is 17.7 Å². The number of nitrogens with one attached hydrogen (secondary N) is 2. The van der Waals surface area contributed by atoms with Crippen LogP contribution in [0.5, 0.6) is 5.75 Å². The number of H-pyrrole nitrogens is 1. The second-order valence-corrected chi connectivity index (χ2v) is 8.14. The lowest BCUT2D eigenvalue weighted by molar-refractivity contribution is -0.122. The van der Waals surface area contributed by atoms with E-state index in [-0.39, 0.29) is 23.5 Å². The molecule has 0 bridgehead atoms. The summed E-state index contributed by atoms with van der Waals surface area (Å²) in [6.45, 7) is -2.91. The topological polar surface area (TPSA) is 106 Å². The molecule has 5 rings (SSSR count). The molecule has 33 heavy (non-hydrogen) atoms. The number of esters is 1. The second kappa shape index (κ2) is 8.27. The minimum atomic E-state index is -2.91. The van der Waals surface area contributed by atoms with Crippen LogP contribution in [-0.2, 0) is 15.1 Å². The summed E-state index contributed by atoms with van der Waals surface area (Å²) in [6.07, 6.45) is 5.43. The lowest BCUT2D eigenvalue weighted by Crippen LogP contribution is -2.36. The second-order valence-electron chi connectivity index (χ2n) is 8.14. The first-order chi connectivity index (χ1) is 15.9. The summed E-state index contributed by atoms with van der Waals surface area (Å²) in [5.41, 5.74) is 1.77. The van der Waals surface area contributed by atoms with Crippen molar-refractivity contribution in [1.29, 1.82) is 0 Å². The van der Waals surface area contributed by atoms with Crippen LogP contribution in [-0.4, -0.2) is 33.7 Å². The maximum atomic E-state index is 12.8. The number of hydrogen-bond acceptors (Lipinski definition) is 6. The molecule has 1 fully saturated rings. The maximum Gasteiger partial charge on any atom is 0.387 e. The average molecular weight is 454 g/mol. The Morgan fingerprint density at radius 1 is 1.24 bits per heavy atom. The third-order valence-corrected chi connectivity index (χ3v) is 6.18. The van der Waals surface area contributed by atoms with E-state index in [9.17, 15) is 18.4 Å². The molecule has 3 aromatic rings. The summed E-state index contributed by atoms with van der Waals surface area (Å²) in [4.78, 5) is 29.1. The fourth-order valence-electron chi connectivity index (χ4n) is 4.54. The fourth-order valence-corrected chi connectivity index (χ4v) is 4.54. The minimum Gasteiger partial charge on any atom is -0.450 e. The Morgan fingerprint density at radius 2 is 2.06 bits per heavy atom. The van der Waals surface area contributed by atoms with Crippen LogP contribution in [0, 0.1) is 5.92 Å². The first kappa shape index (κ1) is 21.0. The van der Waals surface area contributed by atoms with Crippen LogP contribution < -0.4 is 10.1 Å². The average Bonchev–Trinajstić information content (AvgIpc) is 3.37. The number of anilines is 1. The molecule has 1 spiro atoms. The fraction of sp³-hybridized carbons (Fsp3) is 0.304. The van der Waals surface area contributed by atoms with E-state index >= 15 is 0 Å². The highest BCUT2D eigenvalue weighted by Gasteiger charge is 2.48. The summed E-state index contributed by atoms with van der Waals surface area (Å²) in [6, 6.07) is 9.49. The molecule has 0 saturated heterocycles. The standard InChI is InChI=1S/C23H20F2N4O4/c24-22(25)32-15-3-1-2-14(10-15)18-11-19(29-28-18)27-20(30)13-4-7-23(8-5-13)17-12-26-9-6-16(17)21(31)33-23/h1-3,6,9-13,22H,4-5,7-8H2,(H2,27,28,29,30). The van der Waals surface area contributed by atoms with E-state index in [2.05, 4.69) is 25.2 Å². The molecule has 2 aliphatic rings. The number of carbonyl (C=O) groups is 2. The Hall–Kier alpha value is -3.82. The first-order valence-electron chi connectivity index (χ1n) is 10.5. The number of hydrogen-bond donors (Lipinski definition) is 2. The number of halogens is 2. The molecule has 2 aromatic heterocycles. The zero-order valence-electron chi connectivity index (χ0n) is 17.4. The van der Waals surface area contributed by atoms with Crippen molar-refractivity contribution in [2.45, 2.75) is 37.9 Å². The number of ether oxygens (including phenoxy) is 2. The lowest BCUT2D eigenvalue weighted by atomic mass is 9.75. The molecule has 1 aliphatic heterocycles. The van der Waals surface area contributed by atoms with Gasteiger partial charge in [-0.15, -0.1) is 0 Å². The van der Waals surface area contributed by atoms with Crippen LogP contribution in [0.4, 0.5) is 14.6 Å². The van der Waals surface area contributed by atoms with Gasteiger partial charge in [-0.1, -0.05) is 12.1 Å². The molecule has 0 atom stereocenters. The van der Waals surface area contributed by atoms with Gasteiger partial charge < -0.3 is 14.8 Å². The molecule has 1 saturated carbocycles. The van der Waals surface area contributed by atoms with Gasteiger partial charge in [-0.3, -0.25) is 14.9 Å². The van der Waals surface area contributed by atoms with E-state index in [0.29, 0.717) is 48.3 Å². The number of rotatable bonds is 5. The van der Waals surface area contributed by atoms with E-state index in [1.165, 1.54) is 12.1 Å². The normalized spacial score (nSPS) is 21.7. The van der Waals surface area contributed by atoms with Crippen molar-refractivity contribution < 1.29 is 27.8 Å². The van der Waals surface area contributed by atoms with Gasteiger partial charge in [0.05, 0.1) is 11.3 Å². The number of aromatic amines is 1. The third kappa shape index (κ3) is 4.04. The Kier molecular flexibility index (Phi) is 5.27. The molecule has 3 heterocycles. The summed E-state index contributed by atoms with van der Waals surface area (Å²) in [5.74, 6) is -0.408. The number of amides is 1. The zero-order valence-corrected chi connectivity index (χ0v) is 17.4. The van der Waals surface area contributed by atoms with Gasteiger partial charge in [0.2, 0.25) is 5.91 Å². The van der Waals surface area contributed by atoms with Crippen LogP contribution in [0.2, 0.25) is 0 Å². The number of nitrogens with zero attached hydrogens (tertiary/aromatic N) is 2. The van der Waals surface area contributed by atoms with Gasteiger partial charge in [0.25, 0.3) is 0 Å². The third-order valence-electron chi connectivity index (χ3n) is 6.18. The van der Waals surface area contributed by atoms with Crippen LogP contribution in [0.15, 0.2) is 48.8 Å². The summed E-state index contributed by atoms with van der Waals surface area (Å²) in [7, 11) is 0. The largest absolute Gasteiger partial charge is 0.450 e. The van der Waals surface area contributed by atoms with Crippen molar-refractivity contribution in [3.05, 3.63) is 59.9 Å². The number of fused-ring (bicyclic) bond motifs is 2. The van der Waals surface area contributed by atoms with Crippen molar-refractivity contribution in [1.82, 2.24) is 15.2 Å². The van der Waals surface area contributed by atoms with Gasteiger partial charge in [0, 0.05) is 35.5 Å². The van der Waals surface area contributed by atoms with Crippen molar-refractivity contribution in [2.24, 2.45) is 5.92 Å². The molecule has 2 N–H and O–H groups in total. The SMILES string of the molecule is O=C1OC2(CCC(C(=O)Nc3cc(-c4cccc(OC(F)F)c4)[nH]n3)CC2)c2cnccc21. The smallest absolute Gasteiger partial charge is 0.387 e. The van der Waals surface area contributed by atoms with E-state index < -0.39 is 12.2 Å². The van der Waals surface area contributed by atoms with Gasteiger partial charge in [-0.25, -0.2) is 4.79 Å². The van der Waals surface area contributed by atoms with Crippen LogP contribution in [0.3, 0.4) is 0 Å². The molecule has 8 nitrogen and oxygen atoms in total. The van der Waals surface area contributed by atoms with Crippen molar-refractivity contribution in [3.63, 3.8) is 0 Å². The van der Waals surface area contributed by atoms with E-state index in [4.69, 9.17) is 4.74 Å². The number of aromatic nitrogens is 3. The molecule has 0 unspecified atom stereocenters. The molecular formula is C23H20F2N4O4. The number of carbonyl (C=O) groups excluding carboxylic acids is 2. The highest BCUT2D eigenvalue weighted by molar-refractivity contribution is 5.95. The van der Waals surface area contributed by atoms with Crippen molar-refractivity contribution in [3.8, 4) is 17.0 Å². The van der Waals surface area contributed by atoms with E-state index in [1.807, 2.05) is 0 Å². The molecule has 0 radical (unpaired) electrons. The van der Waals surface area contributed by atoms with Crippen LogP contribution in [0.25, 0.3) is 11.3 Å². The van der Waals surface area contributed by atoms with Gasteiger partial charge in [-0.2, -0.15) is 13.9 Å². The number of pyridine rings is 1. The van der Waals surface area contributed by atoms with Gasteiger partial charge in [0.15, 0.2) is 5.82 Å². The summed E-state index contributed by atoms with van der Waals surface area (Å²) >= 11 is 0. The Balaban J connectivity index is 1.23. The minimum absolute atomic E-state index is 0.0307. The van der Waals surface area contributed by atoms with Crippen molar-refractivity contribution in [2.75, 3.05) is 5.32 Å². The molecule has 1 aliphatic carbocycles. The van der Waals surface area contributed by atoms with Gasteiger partial charge >= 0.3 is 12.6 Å². The number of alkyl halides is 2. The lowest BCUT2D eigenvalue weighted by Gasteiger charge is -2.35. The van der Waals surface area contributed by atoms with Crippen LogP contribution >= 0.6 is 0 Å². The Bertz CT molecular complexity index is 1200. The molecule has 170 valence electrons. The van der Waals surface area contributed by atoms with Crippen LogP contribution in [0.1, 0.15) is 41.6 Å². The highest BCUT2D eigenvalue weighted by atomic mass is 19.3. The van der Waals surface area contributed by atoms with E-state index in [0.717, 1.165) is 5.56 Å². The Labute approximate surface area is 187 Å². The summed E-state index contributed by atoms with van der Waals surface area (Å²) < 4.78 is 35.0. The Morgan fingerprint density at radius 3 is 2.85 bits per heavy atom. The van der Waals surface area contributed by atoms with E-state index in [1.54, 1.807) is 36.7 Å². The number of benzene rings is 1. The highest BCUT2D eigenvalue weighted by Crippen LogP contribution is 2.47. The molecule has 1 amide bonds. The zero-order chi connectivity index (χ0) is 23.0. The predicted molar refractivity (Wildman–Crippen MR) is 113 cm³/mol. The molecule has 1 aromatic carbocycles. The first-order valence-corrected chi connectivity index (χ1v) is 10.5. The van der Waals surface area contributed by atoms with Gasteiger partial charge in [0.1, 0.15) is 11.4 Å².